The maximum atomic E-state index is 5.59. The predicted octanol–water partition coefficient (Wildman–Crippen LogP) is 2.90. The van der Waals surface area contributed by atoms with Crippen LogP contribution in [0.3, 0.4) is 0 Å². The van der Waals surface area contributed by atoms with Crippen LogP contribution in [0.4, 0.5) is 0 Å². The highest BCUT2D eigenvalue weighted by molar-refractivity contribution is 9.10. The summed E-state index contributed by atoms with van der Waals surface area (Å²) in [7, 11) is 0. The highest BCUT2D eigenvalue weighted by atomic mass is 79.9. The van der Waals surface area contributed by atoms with Crippen LogP contribution >= 0.6 is 15.9 Å². The summed E-state index contributed by atoms with van der Waals surface area (Å²) in [5, 5.41) is 0. The highest BCUT2D eigenvalue weighted by Crippen LogP contribution is 2.27. The lowest BCUT2D eigenvalue weighted by molar-refractivity contribution is 0.451. The van der Waals surface area contributed by atoms with Crippen molar-refractivity contribution < 1.29 is 4.42 Å². The zero-order chi connectivity index (χ0) is 11.5. The second kappa shape index (κ2) is 4.82. The average Bonchev–Trinajstić information content (AvgIpc) is 2.78. The Hall–Kier alpha value is -1.10. The van der Waals surface area contributed by atoms with E-state index in [2.05, 4.69) is 28.3 Å². The van der Waals surface area contributed by atoms with Gasteiger partial charge in [0.05, 0.1) is 6.26 Å². The van der Waals surface area contributed by atoms with E-state index >= 15 is 0 Å². The fraction of sp³-hybridized carbons (Fsp3) is 0.167. The summed E-state index contributed by atoms with van der Waals surface area (Å²) < 4.78 is 6.41. The number of hydrazine groups is 1. The Labute approximate surface area is 103 Å². The van der Waals surface area contributed by atoms with Gasteiger partial charge in [-0.15, -0.1) is 0 Å². The van der Waals surface area contributed by atoms with Gasteiger partial charge in [0, 0.05) is 4.47 Å². The van der Waals surface area contributed by atoms with E-state index in [1.165, 1.54) is 5.56 Å². The van der Waals surface area contributed by atoms with Gasteiger partial charge in [-0.25, -0.2) is 5.43 Å². The number of hydrogen-bond donors (Lipinski definition) is 2. The summed E-state index contributed by atoms with van der Waals surface area (Å²) in [6.07, 6.45) is 1.65. The molecule has 0 aliphatic carbocycles. The van der Waals surface area contributed by atoms with Crippen molar-refractivity contribution >= 4 is 15.9 Å². The normalized spacial score (nSPS) is 12.7. The van der Waals surface area contributed by atoms with Crippen LogP contribution in [0.5, 0.6) is 0 Å². The van der Waals surface area contributed by atoms with E-state index in [1.54, 1.807) is 6.26 Å². The molecule has 2 aromatic rings. The molecule has 0 bridgehead atoms. The van der Waals surface area contributed by atoms with Crippen molar-refractivity contribution in [1.82, 2.24) is 5.43 Å². The van der Waals surface area contributed by atoms with E-state index in [4.69, 9.17) is 10.3 Å². The zero-order valence-electron chi connectivity index (χ0n) is 8.91. The number of aryl methyl sites for hydroxylation is 1. The summed E-state index contributed by atoms with van der Waals surface area (Å²) in [5.74, 6) is 6.40. The van der Waals surface area contributed by atoms with Crippen LogP contribution in [0, 0.1) is 6.92 Å². The Morgan fingerprint density at radius 1 is 1.38 bits per heavy atom. The Bertz CT molecular complexity index is 468. The SMILES string of the molecule is Cc1ccc(Br)cc1C(NN)c1ccco1. The van der Waals surface area contributed by atoms with Crippen molar-refractivity contribution in [2.45, 2.75) is 13.0 Å². The quantitative estimate of drug-likeness (QED) is 0.672. The summed E-state index contributed by atoms with van der Waals surface area (Å²) in [6.45, 7) is 2.05. The van der Waals surface area contributed by atoms with Crippen LogP contribution in [0.1, 0.15) is 22.9 Å². The van der Waals surface area contributed by atoms with Crippen LogP contribution in [-0.4, -0.2) is 0 Å². The van der Waals surface area contributed by atoms with Gasteiger partial charge in [-0.2, -0.15) is 0 Å². The molecule has 1 unspecified atom stereocenters. The van der Waals surface area contributed by atoms with Crippen molar-refractivity contribution in [1.29, 1.82) is 0 Å². The number of nitrogens with two attached hydrogens (primary N) is 1. The molecule has 0 amide bonds. The van der Waals surface area contributed by atoms with Crippen LogP contribution in [0.15, 0.2) is 45.5 Å². The molecule has 84 valence electrons. The lowest BCUT2D eigenvalue weighted by atomic mass is 10.00. The molecule has 0 aliphatic rings. The zero-order valence-corrected chi connectivity index (χ0v) is 10.5. The summed E-state index contributed by atoms with van der Waals surface area (Å²) >= 11 is 3.46. The lowest BCUT2D eigenvalue weighted by Gasteiger charge is -2.16. The van der Waals surface area contributed by atoms with E-state index in [-0.39, 0.29) is 6.04 Å². The van der Waals surface area contributed by atoms with Crippen molar-refractivity contribution in [2.75, 3.05) is 0 Å². The van der Waals surface area contributed by atoms with Crippen LogP contribution in [-0.2, 0) is 0 Å². The van der Waals surface area contributed by atoms with Gasteiger partial charge in [0.2, 0.25) is 0 Å². The average molecular weight is 281 g/mol. The molecule has 1 aromatic carbocycles. The molecule has 3 N–H and O–H groups in total. The molecule has 3 nitrogen and oxygen atoms in total. The number of benzene rings is 1. The number of nitrogens with one attached hydrogen (secondary N) is 1. The lowest BCUT2D eigenvalue weighted by Crippen LogP contribution is -2.29. The van der Waals surface area contributed by atoms with Crippen LogP contribution < -0.4 is 11.3 Å². The molecule has 4 heteroatoms. The van der Waals surface area contributed by atoms with Crippen LogP contribution in [0.25, 0.3) is 0 Å². The summed E-state index contributed by atoms with van der Waals surface area (Å²) in [6, 6.07) is 9.74. The number of hydrogen-bond acceptors (Lipinski definition) is 3. The summed E-state index contributed by atoms with van der Waals surface area (Å²) in [4.78, 5) is 0. The monoisotopic (exact) mass is 280 g/mol. The Morgan fingerprint density at radius 3 is 2.81 bits per heavy atom. The van der Waals surface area contributed by atoms with Crippen molar-refractivity contribution in [3.8, 4) is 0 Å². The molecule has 0 saturated heterocycles. The Morgan fingerprint density at radius 2 is 2.19 bits per heavy atom. The Kier molecular flexibility index (Phi) is 3.43. The van der Waals surface area contributed by atoms with Crippen molar-refractivity contribution in [2.24, 2.45) is 5.84 Å². The molecule has 1 atom stereocenters. The second-order valence-electron chi connectivity index (χ2n) is 3.62. The van der Waals surface area contributed by atoms with Gasteiger partial charge in [0.15, 0.2) is 0 Å². The molecule has 1 aromatic heterocycles. The fourth-order valence-electron chi connectivity index (χ4n) is 1.70. The van der Waals surface area contributed by atoms with Gasteiger partial charge in [-0.05, 0) is 42.3 Å². The van der Waals surface area contributed by atoms with E-state index in [0.29, 0.717) is 0 Å². The molecule has 16 heavy (non-hydrogen) atoms. The highest BCUT2D eigenvalue weighted by Gasteiger charge is 2.17. The topological polar surface area (TPSA) is 51.2 Å². The van der Waals surface area contributed by atoms with Gasteiger partial charge >= 0.3 is 0 Å². The first-order chi connectivity index (χ1) is 7.72. The molecule has 0 spiro atoms. The van der Waals surface area contributed by atoms with Crippen molar-refractivity contribution in [3.05, 3.63) is 58.0 Å². The maximum Gasteiger partial charge on any atom is 0.126 e. The first kappa shape index (κ1) is 11.4. The standard InChI is InChI=1S/C12H13BrN2O/c1-8-4-5-9(13)7-10(8)12(15-14)11-3-2-6-16-11/h2-7,12,15H,14H2,1H3. The minimum absolute atomic E-state index is 0.118. The molecule has 0 fully saturated rings. The minimum atomic E-state index is -0.118. The maximum absolute atomic E-state index is 5.59. The van der Waals surface area contributed by atoms with Crippen molar-refractivity contribution in [3.63, 3.8) is 0 Å². The molecular formula is C12H13BrN2O. The fourth-order valence-corrected chi connectivity index (χ4v) is 2.08. The van der Waals surface area contributed by atoms with Gasteiger partial charge in [-0.1, -0.05) is 22.0 Å². The molecule has 1 heterocycles. The van der Waals surface area contributed by atoms with Gasteiger partial charge < -0.3 is 4.42 Å². The molecular weight excluding hydrogens is 268 g/mol. The van der Waals surface area contributed by atoms with E-state index in [1.807, 2.05) is 30.3 Å². The number of rotatable bonds is 3. The Balaban J connectivity index is 2.44. The third kappa shape index (κ3) is 2.19. The predicted molar refractivity (Wildman–Crippen MR) is 66.8 cm³/mol. The number of furan rings is 1. The summed E-state index contributed by atoms with van der Waals surface area (Å²) in [5.41, 5.74) is 5.05. The second-order valence-corrected chi connectivity index (χ2v) is 4.53. The molecule has 2 rings (SSSR count). The molecule has 0 aliphatic heterocycles. The molecule has 0 radical (unpaired) electrons. The number of halogens is 1. The molecule has 0 saturated carbocycles. The first-order valence-corrected chi connectivity index (χ1v) is 5.77. The van der Waals surface area contributed by atoms with Crippen LogP contribution in [0.2, 0.25) is 0 Å². The van der Waals surface area contributed by atoms with Gasteiger partial charge in [0.1, 0.15) is 11.8 Å². The third-order valence-corrected chi connectivity index (χ3v) is 3.04. The van der Waals surface area contributed by atoms with Gasteiger partial charge in [0.25, 0.3) is 0 Å². The smallest absolute Gasteiger partial charge is 0.126 e. The van der Waals surface area contributed by atoms with E-state index in [9.17, 15) is 0 Å². The minimum Gasteiger partial charge on any atom is -0.467 e. The van der Waals surface area contributed by atoms with E-state index in [0.717, 1.165) is 15.8 Å². The third-order valence-electron chi connectivity index (χ3n) is 2.55. The van der Waals surface area contributed by atoms with Gasteiger partial charge in [-0.3, -0.25) is 5.84 Å². The largest absolute Gasteiger partial charge is 0.467 e. The first-order valence-electron chi connectivity index (χ1n) is 4.98. The van der Waals surface area contributed by atoms with E-state index < -0.39 is 0 Å².